The molecular weight excluding hydrogens is 324 g/mol. The van der Waals surface area contributed by atoms with E-state index in [0.717, 1.165) is 11.3 Å². The molecule has 1 unspecified atom stereocenters. The molecule has 1 aromatic heterocycles. The first-order valence-corrected chi connectivity index (χ1v) is 8.18. The van der Waals surface area contributed by atoms with Crippen LogP contribution in [0.25, 0.3) is 0 Å². The molecule has 1 atom stereocenters. The van der Waals surface area contributed by atoms with Crippen molar-refractivity contribution in [3.63, 3.8) is 0 Å². The lowest BCUT2D eigenvalue weighted by atomic mass is 10.3. The average molecular weight is 341 g/mol. The van der Waals surface area contributed by atoms with Crippen molar-refractivity contribution in [2.75, 3.05) is 26.7 Å². The van der Waals surface area contributed by atoms with Crippen LogP contribution in [-0.2, 0) is 14.8 Å². The zero-order valence-corrected chi connectivity index (χ0v) is 13.6. The van der Waals surface area contributed by atoms with Gasteiger partial charge >= 0.3 is 5.97 Å². The fourth-order valence-corrected chi connectivity index (χ4v) is 4.83. The molecule has 0 saturated carbocycles. The Kier molecular flexibility index (Phi) is 5.96. The number of thiophene rings is 1. The van der Waals surface area contributed by atoms with Crippen molar-refractivity contribution in [1.29, 1.82) is 0 Å². The number of piperazine rings is 1. The van der Waals surface area contributed by atoms with Crippen molar-refractivity contribution in [3.05, 3.63) is 16.3 Å². The highest BCUT2D eigenvalue weighted by molar-refractivity contribution is 7.89. The average Bonchev–Trinajstić information content (AvgIpc) is 2.87. The fourth-order valence-electron chi connectivity index (χ4n) is 2.00. The SMILES string of the molecule is COC(=O)c1sccc1S(=O)(=O)N1CCNC(C)C1.Cl. The lowest BCUT2D eigenvalue weighted by Crippen LogP contribution is -2.51. The van der Waals surface area contributed by atoms with E-state index in [-0.39, 0.29) is 28.2 Å². The second kappa shape index (κ2) is 6.86. The molecule has 0 spiro atoms. The maximum absolute atomic E-state index is 12.5. The van der Waals surface area contributed by atoms with Gasteiger partial charge in [0.2, 0.25) is 10.0 Å². The summed E-state index contributed by atoms with van der Waals surface area (Å²) in [5.41, 5.74) is 0. The van der Waals surface area contributed by atoms with Crippen LogP contribution in [0.15, 0.2) is 16.3 Å². The molecule has 0 aromatic carbocycles. The number of hydrogen-bond donors (Lipinski definition) is 1. The Labute approximate surface area is 128 Å². The maximum atomic E-state index is 12.5. The molecule has 1 N–H and O–H groups in total. The lowest BCUT2D eigenvalue weighted by molar-refractivity contribution is 0.0602. The summed E-state index contributed by atoms with van der Waals surface area (Å²) in [5.74, 6) is -0.614. The van der Waals surface area contributed by atoms with Crippen LogP contribution in [0.5, 0.6) is 0 Å². The van der Waals surface area contributed by atoms with Crippen LogP contribution in [0.2, 0.25) is 0 Å². The van der Waals surface area contributed by atoms with Crippen LogP contribution >= 0.6 is 23.7 Å². The standard InChI is InChI=1S/C11H16N2O4S2.ClH/c1-8-7-13(5-4-12-8)19(15,16)9-3-6-18-10(9)11(14)17-2;/h3,6,8,12H,4-5,7H2,1-2H3;1H. The number of nitrogens with zero attached hydrogens (tertiary/aromatic N) is 1. The Hall–Kier alpha value is -0.670. The Morgan fingerprint density at radius 1 is 1.55 bits per heavy atom. The molecule has 1 fully saturated rings. The Balaban J connectivity index is 0.00000200. The Morgan fingerprint density at radius 2 is 2.25 bits per heavy atom. The van der Waals surface area contributed by atoms with Crippen LogP contribution in [-0.4, -0.2) is 51.5 Å². The highest BCUT2D eigenvalue weighted by Crippen LogP contribution is 2.26. The van der Waals surface area contributed by atoms with Gasteiger partial charge in [-0.3, -0.25) is 0 Å². The van der Waals surface area contributed by atoms with Gasteiger partial charge in [0, 0.05) is 25.7 Å². The van der Waals surface area contributed by atoms with Gasteiger partial charge in [-0.2, -0.15) is 4.31 Å². The minimum Gasteiger partial charge on any atom is -0.465 e. The first kappa shape index (κ1) is 17.4. The number of rotatable bonds is 3. The van der Waals surface area contributed by atoms with Crippen LogP contribution in [0.3, 0.4) is 0 Å². The minimum absolute atomic E-state index is 0. The summed E-state index contributed by atoms with van der Waals surface area (Å²) in [6.07, 6.45) is 0. The van der Waals surface area contributed by atoms with E-state index >= 15 is 0 Å². The number of nitrogens with one attached hydrogen (secondary N) is 1. The van der Waals surface area contributed by atoms with Gasteiger partial charge in [0.15, 0.2) is 0 Å². The number of ether oxygens (including phenoxy) is 1. The van der Waals surface area contributed by atoms with Gasteiger partial charge in [0.25, 0.3) is 0 Å². The molecule has 9 heteroatoms. The number of carbonyl (C=O) groups excluding carboxylic acids is 1. The molecule has 1 saturated heterocycles. The number of carbonyl (C=O) groups is 1. The maximum Gasteiger partial charge on any atom is 0.349 e. The molecule has 0 bridgehead atoms. The molecule has 0 radical (unpaired) electrons. The van der Waals surface area contributed by atoms with Gasteiger partial charge < -0.3 is 10.1 Å². The number of hydrogen-bond acceptors (Lipinski definition) is 6. The zero-order chi connectivity index (χ0) is 14.0. The quantitative estimate of drug-likeness (QED) is 0.829. The predicted molar refractivity (Wildman–Crippen MR) is 79.1 cm³/mol. The molecule has 1 aliphatic heterocycles. The number of esters is 1. The number of halogens is 1. The summed E-state index contributed by atoms with van der Waals surface area (Å²) < 4.78 is 31.1. The number of sulfonamides is 1. The third-order valence-corrected chi connectivity index (χ3v) is 5.88. The van der Waals surface area contributed by atoms with Gasteiger partial charge in [0.1, 0.15) is 9.77 Å². The highest BCUT2D eigenvalue weighted by atomic mass is 35.5. The molecule has 2 rings (SSSR count). The Bertz CT molecular complexity index is 573. The van der Waals surface area contributed by atoms with E-state index < -0.39 is 16.0 Å². The minimum atomic E-state index is -3.63. The second-order valence-corrected chi connectivity index (χ2v) is 7.15. The fraction of sp³-hybridized carbons (Fsp3) is 0.545. The van der Waals surface area contributed by atoms with Crippen LogP contribution in [0.1, 0.15) is 16.6 Å². The van der Waals surface area contributed by atoms with Crippen molar-refractivity contribution in [1.82, 2.24) is 9.62 Å². The van der Waals surface area contributed by atoms with E-state index in [1.165, 1.54) is 17.5 Å². The van der Waals surface area contributed by atoms with E-state index in [1.807, 2.05) is 6.92 Å². The topological polar surface area (TPSA) is 75.7 Å². The summed E-state index contributed by atoms with van der Waals surface area (Å²) in [6.45, 7) is 3.34. The lowest BCUT2D eigenvalue weighted by Gasteiger charge is -2.30. The normalized spacial score (nSPS) is 20.2. The molecule has 114 valence electrons. The molecule has 20 heavy (non-hydrogen) atoms. The molecule has 0 aliphatic carbocycles. The zero-order valence-electron chi connectivity index (χ0n) is 11.2. The third-order valence-electron chi connectivity index (χ3n) is 2.95. The van der Waals surface area contributed by atoms with E-state index in [4.69, 9.17) is 0 Å². The highest BCUT2D eigenvalue weighted by Gasteiger charge is 2.32. The predicted octanol–water partition coefficient (Wildman–Crippen LogP) is 0.939. The third kappa shape index (κ3) is 3.32. The van der Waals surface area contributed by atoms with Crippen molar-refractivity contribution in [3.8, 4) is 0 Å². The monoisotopic (exact) mass is 340 g/mol. The van der Waals surface area contributed by atoms with Crippen molar-refractivity contribution in [2.24, 2.45) is 0 Å². The van der Waals surface area contributed by atoms with Crippen LogP contribution in [0, 0.1) is 0 Å². The first-order valence-electron chi connectivity index (χ1n) is 5.86. The Morgan fingerprint density at radius 3 is 2.85 bits per heavy atom. The second-order valence-electron chi connectivity index (χ2n) is 4.32. The van der Waals surface area contributed by atoms with Crippen LogP contribution < -0.4 is 5.32 Å². The van der Waals surface area contributed by atoms with Crippen molar-refractivity contribution >= 4 is 39.7 Å². The molecule has 2 heterocycles. The smallest absolute Gasteiger partial charge is 0.349 e. The largest absolute Gasteiger partial charge is 0.465 e. The summed E-state index contributed by atoms with van der Waals surface area (Å²) >= 11 is 1.08. The molecule has 6 nitrogen and oxygen atoms in total. The van der Waals surface area contributed by atoms with E-state index in [1.54, 1.807) is 5.38 Å². The van der Waals surface area contributed by atoms with Gasteiger partial charge in [-0.05, 0) is 18.4 Å². The van der Waals surface area contributed by atoms with Gasteiger partial charge in [-0.25, -0.2) is 13.2 Å². The summed E-state index contributed by atoms with van der Waals surface area (Å²) in [6, 6.07) is 1.56. The van der Waals surface area contributed by atoms with Crippen LogP contribution in [0.4, 0.5) is 0 Å². The van der Waals surface area contributed by atoms with E-state index in [9.17, 15) is 13.2 Å². The van der Waals surface area contributed by atoms with Crippen molar-refractivity contribution in [2.45, 2.75) is 17.9 Å². The van der Waals surface area contributed by atoms with Gasteiger partial charge in [0.05, 0.1) is 7.11 Å². The van der Waals surface area contributed by atoms with Crippen molar-refractivity contribution < 1.29 is 17.9 Å². The molecule has 0 amide bonds. The summed E-state index contributed by atoms with van der Waals surface area (Å²) in [4.78, 5) is 11.8. The summed E-state index contributed by atoms with van der Waals surface area (Å²) in [5, 5.41) is 4.77. The molecular formula is C11H17ClN2O4S2. The van der Waals surface area contributed by atoms with E-state index in [2.05, 4.69) is 10.1 Å². The van der Waals surface area contributed by atoms with Gasteiger partial charge in [-0.1, -0.05) is 0 Å². The number of methoxy groups -OCH3 is 1. The van der Waals surface area contributed by atoms with E-state index in [0.29, 0.717) is 19.6 Å². The van der Waals surface area contributed by atoms with Gasteiger partial charge in [-0.15, -0.1) is 23.7 Å². The summed E-state index contributed by atoms with van der Waals surface area (Å²) in [7, 11) is -2.39. The molecule has 1 aliphatic rings. The molecule has 1 aromatic rings. The first-order chi connectivity index (χ1) is 8.96.